The number of rotatable bonds is 6. The predicted molar refractivity (Wildman–Crippen MR) is 213 cm³/mol. The maximum Gasteiger partial charge on any atom is 0.0546 e. The minimum atomic E-state index is -0.151. The van der Waals surface area contributed by atoms with Crippen LogP contribution < -0.4 is 4.90 Å². The topological polar surface area (TPSA) is 3.24 Å². The third kappa shape index (κ3) is 4.94. The van der Waals surface area contributed by atoms with Crippen LogP contribution in [0.3, 0.4) is 0 Å². The van der Waals surface area contributed by atoms with Crippen LogP contribution >= 0.6 is 0 Å². The smallest absolute Gasteiger partial charge is 0.0546 e. The zero-order valence-corrected chi connectivity index (χ0v) is 28.3. The van der Waals surface area contributed by atoms with E-state index in [2.05, 4.69) is 207 Å². The van der Waals surface area contributed by atoms with Crippen LogP contribution in [0.1, 0.15) is 25.0 Å². The second-order valence-electron chi connectivity index (χ2n) is 13.7. The van der Waals surface area contributed by atoms with E-state index in [0.717, 1.165) is 11.4 Å². The summed E-state index contributed by atoms with van der Waals surface area (Å²) in [4.78, 5) is 2.48. The Kier molecular flexibility index (Phi) is 7.21. The maximum absolute atomic E-state index is 2.48. The van der Waals surface area contributed by atoms with Crippen LogP contribution in [-0.4, -0.2) is 0 Å². The average molecular weight is 640 g/mol. The SMILES string of the molecule is CC1(C)c2ccc(-c3ccccc3)cc2-c2cc(N(c3ccc(-c4ccccc4)cc3)c3ccccc3-c3ccccc3)c3ccccc3c21. The van der Waals surface area contributed by atoms with Gasteiger partial charge in [-0.1, -0.05) is 172 Å². The van der Waals surface area contributed by atoms with Gasteiger partial charge < -0.3 is 4.90 Å². The minimum absolute atomic E-state index is 0.151. The summed E-state index contributed by atoms with van der Waals surface area (Å²) in [7, 11) is 0. The Morgan fingerprint density at radius 1 is 0.360 bits per heavy atom. The lowest BCUT2D eigenvalue weighted by molar-refractivity contribution is 0.666. The van der Waals surface area contributed by atoms with E-state index in [1.807, 2.05) is 0 Å². The zero-order valence-electron chi connectivity index (χ0n) is 28.3. The molecular formula is C49H37N. The van der Waals surface area contributed by atoms with Gasteiger partial charge in [0.25, 0.3) is 0 Å². The van der Waals surface area contributed by atoms with Crippen molar-refractivity contribution in [2.75, 3.05) is 4.90 Å². The van der Waals surface area contributed by atoms with Gasteiger partial charge in [0.05, 0.1) is 11.4 Å². The van der Waals surface area contributed by atoms with Crippen molar-refractivity contribution in [2.45, 2.75) is 19.3 Å². The highest BCUT2D eigenvalue weighted by atomic mass is 15.1. The summed E-state index contributed by atoms with van der Waals surface area (Å²) in [6, 6.07) is 68.5. The van der Waals surface area contributed by atoms with Gasteiger partial charge in [-0.2, -0.15) is 0 Å². The number of fused-ring (bicyclic) bond motifs is 5. The quantitative estimate of drug-likeness (QED) is 0.175. The average Bonchev–Trinajstić information content (AvgIpc) is 3.41. The van der Waals surface area contributed by atoms with Crippen molar-refractivity contribution >= 4 is 27.8 Å². The monoisotopic (exact) mass is 639 g/mol. The summed E-state index contributed by atoms with van der Waals surface area (Å²) in [5.74, 6) is 0. The van der Waals surface area contributed by atoms with E-state index in [1.165, 1.54) is 72.1 Å². The van der Waals surface area contributed by atoms with Crippen molar-refractivity contribution in [3.05, 3.63) is 199 Å². The number of para-hydroxylation sites is 1. The molecule has 1 nitrogen and oxygen atoms in total. The standard InChI is InChI=1S/C49H37N/c1-49(2)45-31-28-38(35-18-8-4-9-19-35)32-43(45)44-33-47(41-23-12-13-24-42(41)48(44)49)50(39-29-26-36(27-30-39)34-16-6-3-7-17-34)46-25-15-14-22-40(46)37-20-10-5-11-21-37/h3-33H,1-2H3. The minimum Gasteiger partial charge on any atom is -0.309 e. The van der Waals surface area contributed by atoms with Gasteiger partial charge in [0.15, 0.2) is 0 Å². The van der Waals surface area contributed by atoms with Gasteiger partial charge in [0, 0.05) is 22.1 Å². The first-order valence-corrected chi connectivity index (χ1v) is 17.4. The Balaban J connectivity index is 1.32. The van der Waals surface area contributed by atoms with Gasteiger partial charge in [0.1, 0.15) is 0 Å². The molecule has 9 rings (SSSR count). The fourth-order valence-electron chi connectivity index (χ4n) is 8.06. The summed E-state index contributed by atoms with van der Waals surface area (Å²) < 4.78 is 0. The van der Waals surface area contributed by atoms with Crippen LogP contribution in [0.2, 0.25) is 0 Å². The molecule has 8 aromatic rings. The molecule has 0 radical (unpaired) electrons. The molecule has 0 N–H and O–H groups in total. The molecule has 0 fully saturated rings. The van der Waals surface area contributed by atoms with E-state index < -0.39 is 0 Å². The van der Waals surface area contributed by atoms with Crippen LogP contribution in [0.5, 0.6) is 0 Å². The Labute approximate surface area is 294 Å². The second kappa shape index (κ2) is 12.1. The molecule has 0 atom stereocenters. The molecular weight excluding hydrogens is 603 g/mol. The molecule has 1 aliphatic rings. The van der Waals surface area contributed by atoms with Crippen molar-refractivity contribution in [1.29, 1.82) is 0 Å². The van der Waals surface area contributed by atoms with Crippen molar-refractivity contribution < 1.29 is 0 Å². The Morgan fingerprint density at radius 2 is 0.880 bits per heavy atom. The first-order chi connectivity index (χ1) is 24.6. The highest BCUT2D eigenvalue weighted by Gasteiger charge is 2.38. The Bertz CT molecular complexity index is 2480. The lowest BCUT2D eigenvalue weighted by Crippen LogP contribution is -2.16. The molecule has 0 heterocycles. The third-order valence-corrected chi connectivity index (χ3v) is 10.4. The van der Waals surface area contributed by atoms with E-state index in [9.17, 15) is 0 Å². The number of benzene rings is 8. The van der Waals surface area contributed by atoms with Gasteiger partial charge in [-0.3, -0.25) is 0 Å². The molecule has 0 bridgehead atoms. The third-order valence-electron chi connectivity index (χ3n) is 10.4. The number of hydrogen-bond acceptors (Lipinski definition) is 1. The molecule has 0 amide bonds. The Morgan fingerprint density at radius 3 is 1.56 bits per heavy atom. The van der Waals surface area contributed by atoms with Crippen molar-refractivity contribution in [1.82, 2.24) is 0 Å². The van der Waals surface area contributed by atoms with E-state index in [4.69, 9.17) is 0 Å². The number of nitrogens with zero attached hydrogens (tertiary/aromatic N) is 1. The summed E-state index contributed by atoms with van der Waals surface area (Å²) in [5, 5.41) is 2.54. The lowest BCUT2D eigenvalue weighted by atomic mass is 9.79. The first-order valence-electron chi connectivity index (χ1n) is 17.4. The molecule has 0 saturated heterocycles. The molecule has 0 saturated carbocycles. The van der Waals surface area contributed by atoms with Crippen LogP contribution in [0.15, 0.2) is 188 Å². The van der Waals surface area contributed by atoms with Crippen LogP contribution in [0, 0.1) is 0 Å². The fraction of sp³-hybridized carbons (Fsp3) is 0.0612. The zero-order chi connectivity index (χ0) is 33.7. The number of hydrogen-bond donors (Lipinski definition) is 0. The molecule has 0 aromatic heterocycles. The molecule has 8 aromatic carbocycles. The van der Waals surface area contributed by atoms with Crippen LogP contribution in [-0.2, 0) is 5.41 Å². The highest BCUT2D eigenvalue weighted by molar-refractivity contribution is 6.08. The molecule has 0 aliphatic heterocycles. The molecule has 0 unspecified atom stereocenters. The molecule has 238 valence electrons. The molecule has 50 heavy (non-hydrogen) atoms. The number of anilines is 3. The lowest BCUT2D eigenvalue weighted by Gasteiger charge is -2.31. The van der Waals surface area contributed by atoms with Gasteiger partial charge in [-0.15, -0.1) is 0 Å². The van der Waals surface area contributed by atoms with Crippen molar-refractivity contribution in [3.63, 3.8) is 0 Å². The summed E-state index contributed by atoms with van der Waals surface area (Å²) in [6.07, 6.45) is 0. The van der Waals surface area contributed by atoms with E-state index >= 15 is 0 Å². The normalized spacial score (nSPS) is 12.8. The molecule has 0 spiro atoms. The van der Waals surface area contributed by atoms with E-state index in [1.54, 1.807) is 0 Å². The van der Waals surface area contributed by atoms with Gasteiger partial charge in [-0.25, -0.2) is 0 Å². The fourth-order valence-corrected chi connectivity index (χ4v) is 8.06. The predicted octanol–water partition coefficient (Wildman–Crippen LogP) is 13.6. The summed E-state index contributed by atoms with van der Waals surface area (Å²) in [5.41, 5.74) is 16.0. The summed E-state index contributed by atoms with van der Waals surface area (Å²) >= 11 is 0. The Hall–Kier alpha value is -6.18. The van der Waals surface area contributed by atoms with E-state index in [-0.39, 0.29) is 5.41 Å². The highest BCUT2D eigenvalue weighted by Crippen LogP contribution is 2.55. The van der Waals surface area contributed by atoms with E-state index in [0.29, 0.717) is 0 Å². The second-order valence-corrected chi connectivity index (χ2v) is 13.7. The first kappa shape index (κ1) is 29.9. The van der Waals surface area contributed by atoms with Gasteiger partial charge in [-0.05, 0) is 85.8 Å². The largest absolute Gasteiger partial charge is 0.309 e. The van der Waals surface area contributed by atoms with Gasteiger partial charge >= 0.3 is 0 Å². The molecule has 1 heteroatoms. The van der Waals surface area contributed by atoms with Crippen LogP contribution in [0.4, 0.5) is 17.1 Å². The maximum atomic E-state index is 2.48. The van der Waals surface area contributed by atoms with Crippen molar-refractivity contribution in [3.8, 4) is 44.5 Å². The molecule has 1 aliphatic carbocycles. The van der Waals surface area contributed by atoms with Crippen LogP contribution in [0.25, 0.3) is 55.3 Å². The van der Waals surface area contributed by atoms with Crippen molar-refractivity contribution in [2.24, 2.45) is 0 Å². The van der Waals surface area contributed by atoms with Gasteiger partial charge in [0.2, 0.25) is 0 Å². The summed E-state index contributed by atoms with van der Waals surface area (Å²) in [6.45, 7) is 4.77.